The lowest BCUT2D eigenvalue weighted by atomic mass is 10.1. The molecule has 0 unspecified atom stereocenters. The van der Waals surface area contributed by atoms with Crippen molar-refractivity contribution in [1.82, 2.24) is 15.2 Å². The number of anilines is 2. The Balaban J connectivity index is 0.00000576. The van der Waals surface area contributed by atoms with Gasteiger partial charge < -0.3 is 29.9 Å². The molecule has 1 heterocycles. The number of nitrogens with zero attached hydrogens (tertiary/aromatic N) is 3. The molecule has 4 rings (SSSR count). The molecule has 0 aliphatic rings. The number of ether oxygens (including phenoxy) is 2. The molecule has 0 bridgehead atoms. The Bertz CT molecular complexity index is 1700. The Morgan fingerprint density at radius 2 is 1.74 bits per heavy atom. The summed E-state index contributed by atoms with van der Waals surface area (Å²) in [4.78, 5) is 45.9. The van der Waals surface area contributed by atoms with Gasteiger partial charge >= 0.3 is 6.03 Å². The van der Waals surface area contributed by atoms with Gasteiger partial charge in [0.2, 0.25) is 5.91 Å². The Morgan fingerprint density at radius 3 is 2.50 bits per heavy atom. The van der Waals surface area contributed by atoms with Crippen LogP contribution in [-0.2, 0) is 16.1 Å². The number of halogens is 3. The Morgan fingerprint density at radius 1 is 0.978 bits per heavy atom. The summed E-state index contributed by atoms with van der Waals surface area (Å²) in [7, 11) is 4.87. The lowest BCUT2D eigenvalue weighted by Crippen LogP contribution is -2.40. The normalized spacial score (nSPS) is 10.6. The molecule has 0 aliphatic heterocycles. The minimum atomic E-state index is -0.606. The first-order chi connectivity index (χ1) is 21.6. The molecule has 0 radical (unpaired) electrons. The molecule has 0 saturated carbocycles. The largest absolute Gasteiger partial charge is 0.487 e. The van der Waals surface area contributed by atoms with Crippen LogP contribution in [0, 0.1) is 6.92 Å². The minimum Gasteiger partial charge on any atom is -0.487 e. The van der Waals surface area contributed by atoms with E-state index in [0.717, 1.165) is 16.6 Å². The summed E-state index contributed by atoms with van der Waals surface area (Å²) in [6.07, 6.45) is 0.709. The number of fused-ring (bicyclic) bond motifs is 1. The van der Waals surface area contributed by atoms with E-state index >= 15 is 0 Å². The van der Waals surface area contributed by atoms with Crippen LogP contribution in [0.15, 0.2) is 66.7 Å². The molecule has 4 aromatic rings. The van der Waals surface area contributed by atoms with Crippen molar-refractivity contribution in [3.63, 3.8) is 0 Å². The van der Waals surface area contributed by atoms with Crippen molar-refractivity contribution < 1.29 is 23.9 Å². The van der Waals surface area contributed by atoms with Gasteiger partial charge in [-0.05, 0) is 55.8 Å². The smallest absolute Gasteiger partial charge is 0.319 e. The number of carbonyl (C=O) groups is 3. The number of urea groups is 1. The van der Waals surface area contributed by atoms with Gasteiger partial charge in [0.05, 0.1) is 17.3 Å². The SMILES string of the molecule is COCCCN(C)C(=O)c1cccc(NC(=O)NCC(=O)N(C)c2ccc(Cl)c(COc3cccc4ccc(C)nc34)c2Cl)c1.Cl. The number of benzene rings is 3. The van der Waals surface area contributed by atoms with E-state index in [1.54, 1.807) is 62.5 Å². The van der Waals surface area contributed by atoms with Crippen molar-refractivity contribution in [2.24, 2.45) is 0 Å². The zero-order valence-electron chi connectivity index (χ0n) is 25.9. The van der Waals surface area contributed by atoms with Gasteiger partial charge in [0.1, 0.15) is 17.9 Å². The van der Waals surface area contributed by atoms with Crippen molar-refractivity contribution in [1.29, 1.82) is 0 Å². The van der Waals surface area contributed by atoms with Crippen LogP contribution in [0.1, 0.15) is 28.0 Å². The third-order valence-corrected chi connectivity index (χ3v) is 7.83. The van der Waals surface area contributed by atoms with Crippen LogP contribution in [0.2, 0.25) is 10.0 Å². The summed E-state index contributed by atoms with van der Waals surface area (Å²) in [5, 5.41) is 6.78. The number of nitrogens with one attached hydrogen (secondary N) is 2. The molecule has 0 atom stereocenters. The van der Waals surface area contributed by atoms with Crippen molar-refractivity contribution in [3.8, 4) is 5.75 Å². The van der Waals surface area contributed by atoms with E-state index in [-0.39, 0.29) is 36.5 Å². The number of pyridine rings is 1. The van der Waals surface area contributed by atoms with Crippen molar-refractivity contribution >= 4 is 75.7 Å². The maximum absolute atomic E-state index is 13.0. The first-order valence-corrected chi connectivity index (χ1v) is 15.0. The van der Waals surface area contributed by atoms with Gasteiger partial charge in [-0.15, -0.1) is 12.4 Å². The molecule has 3 aromatic carbocycles. The van der Waals surface area contributed by atoms with Gasteiger partial charge in [-0.25, -0.2) is 9.78 Å². The molecule has 10 nitrogen and oxygen atoms in total. The fourth-order valence-corrected chi connectivity index (χ4v) is 5.15. The first kappa shape index (κ1) is 36.4. The summed E-state index contributed by atoms with van der Waals surface area (Å²) in [5.74, 6) is -0.0191. The average molecular weight is 689 g/mol. The van der Waals surface area contributed by atoms with E-state index in [1.807, 2.05) is 37.3 Å². The highest BCUT2D eigenvalue weighted by Gasteiger charge is 2.20. The van der Waals surface area contributed by atoms with Crippen LogP contribution in [0.3, 0.4) is 0 Å². The molecule has 0 saturated heterocycles. The molecular formula is C33H36Cl3N5O5. The van der Waals surface area contributed by atoms with Crippen LogP contribution >= 0.6 is 35.6 Å². The molecule has 244 valence electrons. The highest BCUT2D eigenvalue weighted by molar-refractivity contribution is 6.38. The van der Waals surface area contributed by atoms with Crippen LogP contribution < -0.4 is 20.3 Å². The Labute approximate surface area is 284 Å². The second kappa shape index (κ2) is 17.0. The predicted molar refractivity (Wildman–Crippen MR) is 185 cm³/mol. The van der Waals surface area contributed by atoms with Crippen molar-refractivity contribution in [2.45, 2.75) is 20.0 Å². The molecule has 1 aromatic heterocycles. The number of likely N-dealkylation sites (N-methyl/N-ethyl adjacent to an activating group) is 1. The van der Waals surface area contributed by atoms with E-state index in [4.69, 9.17) is 32.7 Å². The van der Waals surface area contributed by atoms with Crippen LogP contribution in [0.5, 0.6) is 5.75 Å². The Kier molecular flexibility index (Phi) is 13.4. The fourth-order valence-electron chi connectivity index (χ4n) is 4.54. The summed E-state index contributed by atoms with van der Waals surface area (Å²) < 4.78 is 11.1. The van der Waals surface area contributed by atoms with E-state index < -0.39 is 11.9 Å². The second-order valence-electron chi connectivity index (χ2n) is 10.3. The van der Waals surface area contributed by atoms with Gasteiger partial charge in [-0.1, -0.05) is 47.5 Å². The van der Waals surface area contributed by atoms with E-state index in [0.29, 0.717) is 52.8 Å². The molecule has 0 spiro atoms. The number of para-hydroxylation sites is 1. The number of hydrogen-bond acceptors (Lipinski definition) is 6. The molecule has 2 N–H and O–H groups in total. The number of rotatable bonds is 12. The topological polar surface area (TPSA) is 113 Å². The molecule has 0 fully saturated rings. The number of aromatic nitrogens is 1. The summed E-state index contributed by atoms with van der Waals surface area (Å²) >= 11 is 13.2. The zero-order chi connectivity index (χ0) is 32.5. The fraction of sp³-hybridized carbons (Fsp3) is 0.273. The number of aryl methyl sites for hydroxylation is 1. The monoisotopic (exact) mass is 687 g/mol. The average Bonchev–Trinajstić information content (AvgIpc) is 3.03. The van der Waals surface area contributed by atoms with Gasteiger partial charge in [0.15, 0.2) is 0 Å². The third-order valence-electron chi connectivity index (χ3n) is 7.05. The van der Waals surface area contributed by atoms with Crippen LogP contribution in [0.4, 0.5) is 16.2 Å². The van der Waals surface area contributed by atoms with E-state index in [9.17, 15) is 14.4 Å². The van der Waals surface area contributed by atoms with Crippen molar-refractivity contribution in [2.75, 3.05) is 51.1 Å². The number of carbonyl (C=O) groups excluding carboxylic acids is 3. The number of hydrogen-bond donors (Lipinski definition) is 2. The lowest BCUT2D eigenvalue weighted by molar-refractivity contribution is -0.117. The number of methoxy groups -OCH3 is 1. The van der Waals surface area contributed by atoms with Gasteiger partial charge in [-0.2, -0.15) is 0 Å². The molecule has 13 heteroatoms. The minimum absolute atomic E-state index is 0. The number of amides is 4. The Hall–Kier alpha value is -4.09. The molecular weight excluding hydrogens is 653 g/mol. The maximum Gasteiger partial charge on any atom is 0.319 e. The van der Waals surface area contributed by atoms with Gasteiger partial charge in [-0.3, -0.25) is 9.59 Å². The standard InChI is InChI=1S/C33H35Cl2N5O5.ClH/c1-21-12-13-22-8-6-11-28(31(22)37-21)45-20-25-26(34)14-15-27(30(25)35)40(3)29(41)19-36-33(43)38-24-10-5-9-23(18-24)32(42)39(2)16-7-17-44-4;/h5-6,8-15,18H,7,16-17,19-20H2,1-4H3,(H2,36,38,43);1H. The molecule has 0 aliphatic carbocycles. The van der Waals surface area contributed by atoms with E-state index in [2.05, 4.69) is 15.6 Å². The zero-order valence-corrected chi connectivity index (χ0v) is 28.3. The lowest BCUT2D eigenvalue weighted by Gasteiger charge is -2.21. The highest BCUT2D eigenvalue weighted by Crippen LogP contribution is 2.35. The predicted octanol–water partition coefficient (Wildman–Crippen LogP) is 6.74. The maximum atomic E-state index is 13.0. The summed E-state index contributed by atoms with van der Waals surface area (Å²) in [5.41, 5.74) is 3.32. The van der Waals surface area contributed by atoms with E-state index in [1.165, 1.54) is 4.90 Å². The first-order valence-electron chi connectivity index (χ1n) is 14.2. The molecule has 46 heavy (non-hydrogen) atoms. The van der Waals surface area contributed by atoms with Gasteiger partial charge in [0.25, 0.3) is 5.91 Å². The highest BCUT2D eigenvalue weighted by atomic mass is 35.5. The second-order valence-corrected chi connectivity index (χ2v) is 11.1. The third kappa shape index (κ3) is 9.23. The van der Waals surface area contributed by atoms with Gasteiger partial charge in [0, 0.05) is 67.3 Å². The van der Waals surface area contributed by atoms with Crippen LogP contribution in [0.25, 0.3) is 10.9 Å². The summed E-state index contributed by atoms with van der Waals surface area (Å²) in [6.45, 7) is 2.73. The van der Waals surface area contributed by atoms with Crippen LogP contribution in [-0.4, -0.2) is 68.6 Å². The quantitative estimate of drug-likeness (QED) is 0.159. The summed E-state index contributed by atoms with van der Waals surface area (Å²) in [6, 6.07) is 18.8. The molecule has 4 amide bonds. The van der Waals surface area contributed by atoms with Crippen molar-refractivity contribution in [3.05, 3.63) is 93.6 Å².